The quantitative estimate of drug-likeness (QED) is 0.217. The standard InChI is InChI=1S/C35H30FN3O3/c1-37-25-10-4-21(5-11-25)20-42-33-16-23-14-15-39-31(27(23)19-32(33)41-3)18-29-28-17-26(40-2)12-13-30(28)38-34(29)35(39)22-6-8-24(36)9-7-22/h4-13,16-17,19,31,35,38H,14-15,18,20H2,2-3H3. The Morgan fingerprint density at radius 1 is 0.952 bits per heavy atom. The van der Waals surface area contributed by atoms with Crippen molar-refractivity contribution in [3.05, 3.63) is 130 Å². The van der Waals surface area contributed by atoms with E-state index in [2.05, 4.69) is 39.0 Å². The Morgan fingerprint density at radius 3 is 2.50 bits per heavy atom. The van der Waals surface area contributed by atoms with Gasteiger partial charge in [0.25, 0.3) is 0 Å². The number of methoxy groups -OCH3 is 2. The van der Waals surface area contributed by atoms with Crippen LogP contribution in [0.1, 0.15) is 45.6 Å². The number of aromatic nitrogens is 1. The molecule has 0 bridgehead atoms. The summed E-state index contributed by atoms with van der Waals surface area (Å²) in [5, 5.41) is 1.15. The SMILES string of the molecule is [C-]#[N+]c1ccc(COc2cc3c(cc2OC)C2Cc4c([nH]c5ccc(OC)cc45)C(c4ccc(F)cc4)N2CC3)cc1. The molecule has 0 fully saturated rings. The second kappa shape index (κ2) is 10.6. The van der Waals surface area contributed by atoms with Crippen LogP contribution in [0.15, 0.2) is 78.9 Å². The van der Waals surface area contributed by atoms with Crippen molar-refractivity contribution in [3.8, 4) is 17.2 Å². The number of nitrogens with one attached hydrogen (secondary N) is 1. The highest BCUT2D eigenvalue weighted by molar-refractivity contribution is 5.87. The van der Waals surface area contributed by atoms with Crippen molar-refractivity contribution in [2.75, 3.05) is 20.8 Å². The molecule has 0 aliphatic carbocycles. The predicted octanol–water partition coefficient (Wildman–Crippen LogP) is 7.70. The van der Waals surface area contributed by atoms with Gasteiger partial charge in [-0.05, 0) is 83.1 Å². The highest BCUT2D eigenvalue weighted by Crippen LogP contribution is 2.50. The molecular formula is C35H30FN3O3. The van der Waals surface area contributed by atoms with Gasteiger partial charge in [-0.25, -0.2) is 9.24 Å². The second-order valence-electron chi connectivity index (χ2n) is 10.9. The smallest absolute Gasteiger partial charge is 0.187 e. The maximum absolute atomic E-state index is 14.0. The van der Waals surface area contributed by atoms with Crippen LogP contribution in [0.2, 0.25) is 0 Å². The summed E-state index contributed by atoms with van der Waals surface area (Å²) in [7, 11) is 3.36. The van der Waals surface area contributed by atoms with Crippen LogP contribution < -0.4 is 14.2 Å². The Kier molecular flexibility index (Phi) is 6.56. The van der Waals surface area contributed by atoms with Crippen LogP contribution in [0.25, 0.3) is 15.7 Å². The molecular weight excluding hydrogens is 529 g/mol. The molecule has 5 aromatic rings. The maximum atomic E-state index is 14.0. The minimum Gasteiger partial charge on any atom is -0.497 e. The molecule has 3 heterocycles. The third-order valence-corrected chi connectivity index (χ3v) is 8.62. The molecule has 0 radical (unpaired) electrons. The van der Waals surface area contributed by atoms with Gasteiger partial charge in [-0.15, -0.1) is 0 Å². The molecule has 0 saturated carbocycles. The number of fused-ring (bicyclic) bond motifs is 6. The molecule has 1 N–H and O–H groups in total. The molecule has 2 atom stereocenters. The Bertz CT molecular complexity index is 1820. The van der Waals surface area contributed by atoms with Crippen LogP contribution in [0.4, 0.5) is 10.1 Å². The fourth-order valence-electron chi connectivity index (χ4n) is 6.56. The van der Waals surface area contributed by atoms with Gasteiger partial charge in [0.05, 0.1) is 26.8 Å². The topological polar surface area (TPSA) is 51.1 Å². The molecule has 2 aliphatic heterocycles. The lowest BCUT2D eigenvalue weighted by Crippen LogP contribution is -2.43. The summed E-state index contributed by atoms with van der Waals surface area (Å²) in [5.74, 6) is 1.98. The van der Waals surface area contributed by atoms with Crippen LogP contribution in [0, 0.1) is 12.4 Å². The first-order chi connectivity index (χ1) is 20.6. The van der Waals surface area contributed by atoms with E-state index < -0.39 is 0 Å². The van der Waals surface area contributed by atoms with Gasteiger partial charge in [-0.2, -0.15) is 0 Å². The minimum atomic E-state index is -0.240. The van der Waals surface area contributed by atoms with E-state index in [1.54, 1.807) is 38.5 Å². The number of halogens is 1. The molecule has 42 heavy (non-hydrogen) atoms. The van der Waals surface area contributed by atoms with Gasteiger partial charge in [0, 0.05) is 29.2 Å². The molecule has 0 saturated heterocycles. The van der Waals surface area contributed by atoms with E-state index in [0.717, 1.165) is 52.9 Å². The lowest BCUT2D eigenvalue weighted by molar-refractivity contribution is 0.127. The van der Waals surface area contributed by atoms with Crippen molar-refractivity contribution < 1.29 is 18.6 Å². The monoisotopic (exact) mass is 559 g/mol. The molecule has 1 aromatic heterocycles. The molecule has 7 rings (SSSR count). The van der Waals surface area contributed by atoms with Gasteiger partial charge in [-0.3, -0.25) is 4.90 Å². The van der Waals surface area contributed by atoms with Gasteiger partial charge in [0.2, 0.25) is 0 Å². The van der Waals surface area contributed by atoms with Crippen LogP contribution >= 0.6 is 0 Å². The van der Waals surface area contributed by atoms with E-state index in [9.17, 15) is 4.39 Å². The van der Waals surface area contributed by atoms with Crippen LogP contribution in [0.3, 0.4) is 0 Å². The van der Waals surface area contributed by atoms with Crippen LogP contribution in [-0.2, 0) is 19.4 Å². The van der Waals surface area contributed by atoms with Crippen molar-refractivity contribution in [1.29, 1.82) is 0 Å². The first-order valence-corrected chi connectivity index (χ1v) is 14.1. The Morgan fingerprint density at radius 2 is 1.76 bits per heavy atom. The third kappa shape index (κ3) is 4.45. The van der Waals surface area contributed by atoms with Crippen molar-refractivity contribution in [1.82, 2.24) is 9.88 Å². The van der Waals surface area contributed by atoms with E-state index in [1.165, 1.54) is 16.7 Å². The summed E-state index contributed by atoms with van der Waals surface area (Å²) in [5.41, 5.74) is 8.60. The lowest BCUT2D eigenvalue weighted by atomic mass is 9.80. The molecule has 6 nitrogen and oxygen atoms in total. The van der Waals surface area contributed by atoms with E-state index in [4.69, 9.17) is 20.8 Å². The van der Waals surface area contributed by atoms with E-state index in [1.807, 2.05) is 30.3 Å². The van der Waals surface area contributed by atoms with Gasteiger partial charge in [0.1, 0.15) is 18.2 Å². The van der Waals surface area contributed by atoms with Crippen LogP contribution in [-0.4, -0.2) is 30.6 Å². The zero-order valence-corrected chi connectivity index (χ0v) is 23.5. The number of hydrogen-bond acceptors (Lipinski definition) is 4. The molecule has 210 valence electrons. The Balaban J connectivity index is 1.29. The molecule has 4 aromatic carbocycles. The van der Waals surface area contributed by atoms with Crippen molar-refractivity contribution in [3.63, 3.8) is 0 Å². The maximum Gasteiger partial charge on any atom is 0.187 e. The van der Waals surface area contributed by atoms with E-state index in [0.29, 0.717) is 23.8 Å². The molecule has 7 heteroatoms. The average molecular weight is 560 g/mol. The predicted molar refractivity (Wildman–Crippen MR) is 160 cm³/mol. The number of benzene rings is 4. The number of rotatable bonds is 6. The molecule has 2 aliphatic rings. The molecule has 0 spiro atoms. The summed E-state index contributed by atoms with van der Waals surface area (Å²) in [6.45, 7) is 8.40. The number of aromatic amines is 1. The Labute approximate surface area is 244 Å². The highest BCUT2D eigenvalue weighted by atomic mass is 19.1. The van der Waals surface area contributed by atoms with Gasteiger partial charge in [-0.1, -0.05) is 36.4 Å². The summed E-state index contributed by atoms with van der Waals surface area (Å²) in [6.07, 6.45) is 1.68. The van der Waals surface area contributed by atoms with Gasteiger partial charge >= 0.3 is 0 Å². The lowest BCUT2D eigenvalue weighted by Gasteiger charge is -2.46. The number of hydrogen-bond donors (Lipinski definition) is 1. The van der Waals surface area contributed by atoms with Crippen LogP contribution in [0.5, 0.6) is 17.2 Å². The fraction of sp³-hybridized carbons (Fsp3) is 0.229. The van der Waals surface area contributed by atoms with E-state index in [-0.39, 0.29) is 17.9 Å². The summed E-state index contributed by atoms with van der Waals surface area (Å²) in [6, 6.07) is 24.8. The summed E-state index contributed by atoms with van der Waals surface area (Å²) < 4.78 is 31.7. The van der Waals surface area contributed by atoms with Crippen molar-refractivity contribution in [2.24, 2.45) is 0 Å². The fourth-order valence-corrected chi connectivity index (χ4v) is 6.56. The van der Waals surface area contributed by atoms with Crippen molar-refractivity contribution in [2.45, 2.75) is 31.5 Å². The number of H-pyrrole nitrogens is 1. The summed E-state index contributed by atoms with van der Waals surface area (Å²) >= 11 is 0. The normalized spacial score (nSPS) is 17.6. The number of nitrogens with zero attached hydrogens (tertiary/aromatic N) is 2. The zero-order chi connectivity index (χ0) is 28.8. The minimum absolute atomic E-state index is 0.0498. The second-order valence-corrected chi connectivity index (χ2v) is 10.9. The highest BCUT2D eigenvalue weighted by Gasteiger charge is 2.41. The number of ether oxygens (including phenoxy) is 3. The first-order valence-electron chi connectivity index (χ1n) is 14.1. The van der Waals surface area contributed by atoms with Gasteiger partial charge in [0.15, 0.2) is 17.2 Å². The van der Waals surface area contributed by atoms with Gasteiger partial charge < -0.3 is 19.2 Å². The largest absolute Gasteiger partial charge is 0.497 e. The first kappa shape index (κ1) is 26.1. The van der Waals surface area contributed by atoms with Crippen molar-refractivity contribution >= 4 is 16.6 Å². The molecule has 0 amide bonds. The summed E-state index contributed by atoms with van der Waals surface area (Å²) in [4.78, 5) is 9.70. The molecule has 2 unspecified atom stereocenters. The third-order valence-electron chi connectivity index (χ3n) is 8.62. The van der Waals surface area contributed by atoms with E-state index >= 15 is 0 Å². The average Bonchev–Trinajstić information content (AvgIpc) is 3.40. The Hall–Kier alpha value is -4.80. The zero-order valence-electron chi connectivity index (χ0n) is 23.5.